The molecule has 0 saturated carbocycles. The Kier molecular flexibility index (Phi) is 4.27. The lowest BCUT2D eigenvalue weighted by Gasteiger charge is -2.03. The number of halogens is 1. The van der Waals surface area contributed by atoms with Crippen LogP contribution >= 0.6 is 24.6 Å². The molecule has 0 radical (unpaired) electrons. The molecular formula is C8H9BrMgS. The molecule has 0 fully saturated rings. The third-order valence-electron chi connectivity index (χ3n) is 1.61. The summed E-state index contributed by atoms with van der Waals surface area (Å²) in [6, 6.07) is 6.72. The summed E-state index contributed by atoms with van der Waals surface area (Å²) in [5, 5.41) is 0. The Bertz CT molecular complexity index is 250. The van der Waals surface area contributed by atoms with Crippen LogP contribution < -0.4 is 3.69 Å². The lowest BCUT2D eigenvalue weighted by atomic mass is 10.2. The normalized spacial score (nSPS) is 9.36. The van der Waals surface area contributed by atoms with Gasteiger partial charge in [-0.05, 0) is 18.7 Å². The van der Waals surface area contributed by atoms with Gasteiger partial charge < -0.3 is 0 Å². The highest BCUT2D eigenvalue weighted by atomic mass is 79.9. The van der Waals surface area contributed by atoms with E-state index in [2.05, 4.69) is 44.3 Å². The predicted molar refractivity (Wildman–Crippen MR) is 57.3 cm³/mol. The quantitative estimate of drug-likeness (QED) is 0.566. The molecular weight excluding hydrogens is 232 g/mol. The van der Waals surface area contributed by atoms with Crippen molar-refractivity contribution in [2.45, 2.75) is 11.8 Å². The van der Waals surface area contributed by atoms with Crippen molar-refractivity contribution in [1.82, 2.24) is 0 Å². The molecule has 11 heavy (non-hydrogen) atoms. The minimum absolute atomic E-state index is 0.151. The van der Waals surface area contributed by atoms with Gasteiger partial charge in [0.05, 0.1) is 0 Å². The molecule has 0 atom stereocenters. The molecule has 0 aromatic heterocycles. The minimum Gasteiger partial charge on any atom is -0.296 e. The van der Waals surface area contributed by atoms with Gasteiger partial charge in [-0.15, -0.1) is 11.8 Å². The van der Waals surface area contributed by atoms with Crippen molar-refractivity contribution in [3.63, 3.8) is 0 Å². The van der Waals surface area contributed by atoms with Crippen LogP contribution in [0.1, 0.15) is 5.56 Å². The fraction of sp³-hybridized carbons (Fsp3) is 0.250. The molecule has 0 nitrogen and oxygen atoms in total. The molecule has 0 N–H and O–H groups in total. The summed E-state index contributed by atoms with van der Waals surface area (Å²) in [6.07, 6.45) is 2.12. The number of thioether (sulfide) groups is 1. The van der Waals surface area contributed by atoms with Crippen LogP contribution in [0.15, 0.2) is 23.1 Å². The van der Waals surface area contributed by atoms with Gasteiger partial charge in [0, 0.05) is 4.90 Å². The molecule has 0 aliphatic rings. The molecule has 0 spiro atoms. The zero-order valence-electron chi connectivity index (χ0n) is 6.73. The van der Waals surface area contributed by atoms with Crippen LogP contribution in [-0.2, 0) is 0 Å². The Balaban J connectivity index is 2.99. The average molecular weight is 241 g/mol. The molecule has 0 unspecified atom stereocenters. The second-order valence-electron chi connectivity index (χ2n) is 2.44. The third kappa shape index (κ3) is 2.65. The predicted octanol–water partition coefficient (Wildman–Crippen LogP) is 2.36. The van der Waals surface area contributed by atoms with Crippen molar-refractivity contribution in [2.24, 2.45) is 0 Å². The van der Waals surface area contributed by atoms with E-state index in [1.165, 1.54) is 14.2 Å². The van der Waals surface area contributed by atoms with Crippen LogP contribution in [0.2, 0.25) is 0 Å². The van der Waals surface area contributed by atoms with Crippen LogP contribution in [-0.4, -0.2) is 24.4 Å². The molecule has 56 valence electrons. The minimum atomic E-state index is -0.151. The second kappa shape index (κ2) is 4.75. The summed E-state index contributed by atoms with van der Waals surface area (Å²) >= 11 is 5.23. The largest absolute Gasteiger partial charge is 0.506 e. The average Bonchev–Trinajstić information content (AvgIpc) is 2.04. The van der Waals surface area contributed by atoms with Gasteiger partial charge in [-0.25, -0.2) is 0 Å². The van der Waals surface area contributed by atoms with Gasteiger partial charge in [0.15, 0.2) is 0 Å². The van der Waals surface area contributed by atoms with E-state index in [4.69, 9.17) is 0 Å². The van der Waals surface area contributed by atoms with E-state index in [0.29, 0.717) is 0 Å². The molecule has 1 aromatic rings. The van der Waals surface area contributed by atoms with Gasteiger partial charge in [0.1, 0.15) is 0 Å². The summed E-state index contributed by atoms with van der Waals surface area (Å²) in [5.41, 5.74) is 1.40. The van der Waals surface area contributed by atoms with Crippen molar-refractivity contribution in [1.29, 1.82) is 0 Å². The van der Waals surface area contributed by atoms with Crippen LogP contribution in [0, 0.1) is 6.92 Å². The molecule has 3 heteroatoms. The van der Waals surface area contributed by atoms with E-state index >= 15 is 0 Å². The van der Waals surface area contributed by atoms with Gasteiger partial charge in [-0.1, -0.05) is 18.2 Å². The van der Waals surface area contributed by atoms with E-state index in [9.17, 15) is 0 Å². The van der Waals surface area contributed by atoms with E-state index in [1.54, 1.807) is 0 Å². The summed E-state index contributed by atoms with van der Waals surface area (Å²) in [7, 11) is 0. The highest BCUT2D eigenvalue weighted by Crippen LogP contribution is 2.17. The van der Waals surface area contributed by atoms with Crippen molar-refractivity contribution in [2.75, 3.05) is 6.26 Å². The Labute approximate surface area is 87.7 Å². The molecule has 0 bridgehead atoms. The molecule has 0 aliphatic carbocycles. The van der Waals surface area contributed by atoms with E-state index in [0.717, 1.165) is 0 Å². The SMILES string of the molecule is CSc1cc[c]([Mg][Br])cc1C. The maximum atomic E-state index is 3.57. The first-order valence-corrected chi connectivity index (χ1v) is 9.30. The standard InChI is InChI=1S/C8H9S.BrH.Mg/c1-7-5-3-4-6-8(7)9-2;;/h4-6H,1-2H3;1H;/q;;+1/p-1. The topological polar surface area (TPSA) is 0 Å². The molecule has 1 aromatic carbocycles. The molecule has 1 rings (SSSR count). The van der Waals surface area contributed by atoms with Crippen LogP contribution in [0.5, 0.6) is 0 Å². The first-order valence-electron chi connectivity index (χ1n) is 3.47. The molecule has 0 aliphatic heterocycles. The van der Waals surface area contributed by atoms with Gasteiger partial charge >= 0.3 is 18.2 Å². The Hall–Kier alpha value is 0.816. The highest BCUT2D eigenvalue weighted by molar-refractivity contribution is 9.23. The summed E-state index contributed by atoms with van der Waals surface area (Å²) < 4.78 is 1.49. The van der Waals surface area contributed by atoms with Crippen molar-refractivity contribution >= 4 is 46.5 Å². The number of hydrogen-bond acceptors (Lipinski definition) is 1. The zero-order chi connectivity index (χ0) is 8.27. The third-order valence-corrected chi connectivity index (χ3v) is 5.20. The van der Waals surface area contributed by atoms with Crippen molar-refractivity contribution in [3.05, 3.63) is 23.8 Å². The maximum Gasteiger partial charge on any atom is 0.506 e. The number of hydrogen-bond donors (Lipinski definition) is 0. The fourth-order valence-electron chi connectivity index (χ4n) is 1.02. The highest BCUT2D eigenvalue weighted by Gasteiger charge is 1.98. The zero-order valence-corrected chi connectivity index (χ0v) is 10.5. The number of rotatable bonds is 2. The number of aryl methyl sites for hydroxylation is 1. The van der Waals surface area contributed by atoms with Crippen LogP contribution in [0.4, 0.5) is 0 Å². The molecule has 0 amide bonds. The van der Waals surface area contributed by atoms with Gasteiger partial charge in [-0.3, -0.25) is 12.9 Å². The maximum absolute atomic E-state index is 3.57. The second-order valence-corrected chi connectivity index (χ2v) is 6.05. The van der Waals surface area contributed by atoms with Gasteiger partial charge in [-0.2, -0.15) is 3.69 Å². The summed E-state index contributed by atoms with van der Waals surface area (Å²) in [4.78, 5) is 1.39. The van der Waals surface area contributed by atoms with E-state index in [-0.39, 0.29) is 18.2 Å². The van der Waals surface area contributed by atoms with Gasteiger partial charge in [0.2, 0.25) is 0 Å². The van der Waals surface area contributed by atoms with Crippen LogP contribution in [0.3, 0.4) is 0 Å². The Morgan fingerprint density at radius 1 is 1.45 bits per heavy atom. The smallest absolute Gasteiger partial charge is 0.296 e. The first-order chi connectivity index (χ1) is 5.27. The fourth-order valence-corrected chi connectivity index (χ4v) is 3.25. The Morgan fingerprint density at radius 3 is 2.64 bits per heavy atom. The molecule has 0 saturated heterocycles. The van der Waals surface area contributed by atoms with E-state index in [1.807, 2.05) is 11.8 Å². The summed E-state index contributed by atoms with van der Waals surface area (Å²) in [6.45, 7) is 2.17. The van der Waals surface area contributed by atoms with E-state index < -0.39 is 0 Å². The monoisotopic (exact) mass is 240 g/mol. The Morgan fingerprint density at radius 2 is 2.18 bits per heavy atom. The number of benzene rings is 1. The summed E-state index contributed by atoms with van der Waals surface area (Å²) in [5.74, 6) is 0. The van der Waals surface area contributed by atoms with Crippen molar-refractivity contribution < 1.29 is 0 Å². The van der Waals surface area contributed by atoms with Crippen molar-refractivity contribution in [3.8, 4) is 0 Å². The van der Waals surface area contributed by atoms with Crippen LogP contribution in [0.25, 0.3) is 0 Å². The first kappa shape index (κ1) is 9.90. The lowest BCUT2D eigenvalue weighted by Crippen LogP contribution is -2.07. The molecule has 0 heterocycles. The van der Waals surface area contributed by atoms with Gasteiger partial charge in [0.25, 0.3) is 0 Å². The lowest BCUT2D eigenvalue weighted by molar-refractivity contribution is 1.32.